The van der Waals surface area contributed by atoms with Crippen LogP contribution in [0, 0.1) is 17.1 Å². The predicted molar refractivity (Wildman–Crippen MR) is 65.3 cm³/mol. The molecule has 2 aromatic rings. The van der Waals surface area contributed by atoms with Crippen LogP contribution in [0.5, 0.6) is 0 Å². The second-order valence-electron chi connectivity index (χ2n) is 4.02. The third-order valence-corrected chi connectivity index (χ3v) is 2.54. The molecule has 3 nitrogen and oxygen atoms in total. The predicted octanol–water partition coefficient (Wildman–Crippen LogP) is 2.51. The molecule has 2 rings (SSSR count). The monoisotopic (exact) mass is 229 g/mol. The number of nitrogens with zero attached hydrogens (tertiary/aromatic N) is 3. The summed E-state index contributed by atoms with van der Waals surface area (Å²) in [5.74, 6) is -0.282. The fourth-order valence-electron chi connectivity index (χ4n) is 1.78. The lowest BCUT2D eigenvalue weighted by molar-refractivity contribution is 0.629. The van der Waals surface area contributed by atoms with E-state index in [1.54, 1.807) is 6.07 Å². The van der Waals surface area contributed by atoms with Gasteiger partial charge in [-0.1, -0.05) is 0 Å². The molecule has 0 saturated heterocycles. The van der Waals surface area contributed by atoms with Crippen molar-refractivity contribution >= 4 is 16.6 Å². The van der Waals surface area contributed by atoms with Crippen molar-refractivity contribution in [3.63, 3.8) is 0 Å². The van der Waals surface area contributed by atoms with Gasteiger partial charge in [-0.05, 0) is 24.3 Å². The van der Waals surface area contributed by atoms with Gasteiger partial charge >= 0.3 is 0 Å². The molecular formula is C13H12FN3. The first-order valence-corrected chi connectivity index (χ1v) is 5.25. The zero-order chi connectivity index (χ0) is 12.4. The van der Waals surface area contributed by atoms with Crippen LogP contribution in [-0.4, -0.2) is 19.1 Å². The zero-order valence-electron chi connectivity index (χ0n) is 9.74. The molecule has 1 heterocycles. The van der Waals surface area contributed by atoms with Crippen LogP contribution in [0.2, 0.25) is 0 Å². The van der Waals surface area contributed by atoms with Gasteiger partial charge in [0.15, 0.2) is 0 Å². The van der Waals surface area contributed by atoms with Crippen molar-refractivity contribution in [3.05, 3.63) is 35.8 Å². The largest absolute Gasteiger partial charge is 0.377 e. The van der Waals surface area contributed by atoms with E-state index < -0.39 is 0 Å². The summed E-state index contributed by atoms with van der Waals surface area (Å²) in [6.45, 7) is 0. The molecule has 0 N–H and O–H groups in total. The van der Waals surface area contributed by atoms with Crippen LogP contribution in [0.1, 0.15) is 5.69 Å². The number of hydrogen-bond donors (Lipinski definition) is 0. The third-order valence-electron chi connectivity index (χ3n) is 2.54. The molecule has 0 saturated carbocycles. The topological polar surface area (TPSA) is 39.9 Å². The molecule has 0 radical (unpaired) electrons. The highest BCUT2D eigenvalue weighted by Gasteiger charge is 2.08. The van der Waals surface area contributed by atoms with Gasteiger partial charge < -0.3 is 4.90 Å². The fraction of sp³-hybridized carbons (Fsp3) is 0.231. The van der Waals surface area contributed by atoms with Crippen LogP contribution in [-0.2, 0) is 6.42 Å². The minimum absolute atomic E-state index is 0.258. The van der Waals surface area contributed by atoms with Gasteiger partial charge in [-0.25, -0.2) is 4.39 Å². The summed E-state index contributed by atoms with van der Waals surface area (Å²) in [7, 11) is 3.77. The number of hydrogen-bond acceptors (Lipinski definition) is 3. The fourth-order valence-corrected chi connectivity index (χ4v) is 1.78. The summed E-state index contributed by atoms with van der Waals surface area (Å²) >= 11 is 0. The maximum Gasteiger partial charge on any atom is 0.124 e. The maximum absolute atomic E-state index is 13.2. The Hall–Kier alpha value is -2.15. The summed E-state index contributed by atoms with van der Waals surface area (Å²) in [5.41, 5.74) is 2.29. The highest BCUT2D eigenvalue weighted by Crippen LogP contribution is 2.26. The van der Waals surface area contributed by atoms with Crippen LogP contribution >= 0.6 is 0 Å². The minimum Gasteiger partial charge on any atom is -0.377 e. The van der Waals surface area contributed by atoms with E-state index in [4.69, 9.17) is 5.26 Å². The molecule has 0 bridgehead atoms. The lowest BCUT2D eigenvalue weighted by Crippen LogP contribution is -2.10. The Morgan fingerprint density at radius 3 is 2.76 bits per heavy atom. The lowest BCUT2D eigenvalue weighted by atomic mass is 10.1. The first-order valence-electron chi connectivity index (χ1n) is 5.25. The van der Waals surface area contributed by atoms with Gasteiger partial charge in [0.05, 0.1) is 23.7 Å². The van der Waals surface area contributed by atoms with Gasteiger partial charge in [-0.3, -0.25) is 4.98 Å². The lowest BCUT2D eigenvalue weighted by Gasteiger charge is -2.16. The highest BCUT2D eigenvalue weighted by molar-refractivity contribution is 5.91. The molecule has 0 aliphatic carbocycles. The summed E-state index contributed by atoms with van der Waals surface area (Å²) < 4.78 is 13.2. The second-order valence-corrected chi connectivity index (χ2v) is 4.02. The normalized spacial score (nSPS) is 10.2. The van der Waals surface area contributed by atoms with Crippen molar-refractivity contribution in [2.24, 2.45) is 0 Å². The van der Waals surface area contributed by atoms with E-state index in [2.05, 4.69) is 11.1 Å². The molecule has 0 aliphatic heterocycles. The van der Waals surface area contributed by atoms with E-state index in [1.807, 2.05) is 25.1 Å². The van der Waals surface area contributed by atoms with E-state index >= 15 is 0 Å². The van der Waals surface area contributed by atoms with Gasteiger partial charge in [0.2, 0.25) is 0 Å². The van der Waals surface area contributed by atoms with Crippen LogP contribution in [0.15, 0.2) is 24.3 Å². The van der Waals surface area contributed by atoms with Crippen molar-refractivity contribution in [3.8, 4) is 6.07 Å². The second kappa shape index (κ2) is 4.38. The number of benzene rings is 1. The molecule has 1 aromatic heterocycles. The van der Waals surface area contributed by atoms with Crippen molar-refractivity contribution < 1.29 is 4.39 Å². The third kappa shape index (κ3) is 2.18. The van der Waals surface area contributed by atoms with Gasteiger partial charge in [0, 0.05) is 25.2 Å². The highest BCUT2D eigenvalue weighted by atomic mass is 19.1. The Bertz CT molecular complexity index is 599. The smallest absolute Gasteiger partial charge is 0.124 e. The molecule has 0 amide bonds. The first-order chi connectivity index (χ1) is 8.11. The van der Waals surface area contributed by atoms with Crippen molar-refractivity contribution in [2.45, 2.75) is 6.42 Å². The molecule has 17 heavy (non-hydrogen) atoms. The summed E-state index contributed by atoms with van der Waals surface area (Å²) in [4.78, 5) is 6.23. The molecule has 1 aromatic carbocycles. The van der Waals surface area contributed by atoms with Crippen molar-refractivity contribution in [2.75, 3.05) is 19.0 Å². The number of anilines is 1. The van der Waals surface area contributed by atoms with Crippen molar-refractivity contribution in [1.82, 2.24) is 4.98 Å². The number of nitriles is 1. The Labute approximate surface area is 99.1 Å². The maximum atomic E-state index is 13.2. The number of fused-ring (bicyclic) bond motifs is 1. The quantitative estimate of drug-likeness (QED) is 0.794. The van der Waals surface area contributed by atoms with Crippen LogP contribution in [0.4, 0.5) is 10.1 Å². The molecule has 0 fully saturated rings. The SMILES string of the molecule is CN(C)c1cc(CC#N)nc2ccc(F)cc12. The summed E-state index contributed by atoms with van der Waals surface area (Å²) in [5, 5.41) is 9.46. The molecule has 4 heteroatoms. The van der Waals surface area contributed by atoms with Crippen LogP contribution in [0.3, 0.4) is 0 Å². The zero-order valence-corrected chi connectivity index (χ0v) is 9.74. The Morgan fingerprint density at radius 1 is 1.35 bits per heavy atom. The van der Waals surface area contributed by atoms with Gasteiger partial charge in [0.1, 0.15) is 5.82 Å². The molecule has 86 valence electrons. The molecule has 0 spiro atoms. The first kappa shape index (κ1) is 11.3. The average molecular weight is 229 g/mol. The van der Waals surface area contributed by atoms with E-state index in [0.717, 1.165) is 11.1 Å². The Balaban J connectivity index is 2.72. The standard InChI is InChI=1S/C13H12FN3/c1-17(2)13-8-10(5-6-15)16-12-4-3-9(14)7-11(12)13/h3-4,7-8H,5H2,1-2H3. The summed E-state index contributed by atoms with van der Waals surface area (Å²) in [6, 6.07) is 8.38. The van der Waals surface area contributed by atoms with Gasteiger partial charge in [-0.2, -0.15) is 5.26 Å². The number of aromatic nitrogens is 1. The van der Waals surface area contributed by atoms with Crippen LogP contribution in [0.25, 0.3) is 10.9 Å². The van der Waals surface area contributed by atoms with Gasteiger partial charge in [0.25, 0.3) is 0 Å². The van der Waals surface area contributed by atoms with Crippen LogP contribution < -0.4 is 4.90 Å². The number of pyridine rings is 1. The van der Waals surface area contributed by atoms with E-state index in [9.17, 15) is 4.39 Å². The van der Waals surface area contributed by atoms with E-state index in [-0.39, 0.29) is 12.2 Å². The van der Waals surface area contributed by atoms with E-state index in [0.29, 0.717) is 11.2 Å². The number of halogens is 1. The Kier molecular flexibility index (Phi) is 2.92. The average Bonchev–Trinajstić information content (AvgIpc) is 2.28. The summed E-state index contributed by atoms with van der Waals surface area (Å²) in [6.07, 6.45) is 0.258. The molecule has 0 aliphatic rings. The molecular weight excluding hydrogens is 217 g/mol. The number of rotatable bonds is 2. The minimum atomic E-state index is -0.282. The van der Waals surface area contributed by atoms with Crippen molar-refractivity contribution in [1.29, 1.82) is 5.26 Å². The van der Waals surface area contributed by atoms with E-state index in [1.165, 1.54) is 12.1 Å². The molecule has 0 unspecified atom stereocenters. The van der Waals surface area contributed by atoms with Gasteiger partial charge in [-0.15, -0.1) is 0 Å². The Morgan fingerprint density at radius 2 is 2.12 bits per heavy atom. The molecule has 0 atom stereocenters.